The van der Waals surface area contributed by atoms with Gasteiger partial charge in [-0.25, -0.2) is 0 Å². The maximum Gasteiger partial charge on any atom is 0.300 e. The van der Waals surface area contributed by atoms with Crippen LogP contribution >= 0.6 is 23.2 Å². The Kier molecular flexibility index (Phi) is 6.65. The summed E-state index contributed by atoms with van der Waals surface area (Å²) in [6, 6.07) is 13.6. The third-order valence-electron chi connectivity index (χ3n) is 5.74. The van der Waals surface area contributed by atoms with E-state index in [4.69, 9.17) is 32.7 Å². The summed E-state index contributed by atoms with van der Waals surface area (Å²) in [5.41, 5.74) is 1.35. The van der Waals surface area contributed by atoms with Crippen LogP contribution in [0.2, 0.25) is 10.0 Å². The molecule has 2 N–H and O–H groups in total. The fourth-order valence-corrected chi connectivity index (χ4v) is 4.88. The number of aliphatic hydroxyl groups is 1. The molecule has 35 heavy (non-hydrogen) atoms. The van der Waals surface area contributed by atoms with Crippen LogP contribution in [0.5, 0.6) is 17.2 Å². The molecule has 0 radical (unpaired) electrons. The van der Waals surface area contributed by atoms with E-state index in [0.717, 1.165) is 10.5 Å². The Morgan fingerprint density at radius 2 is 1.66 bits per heavy atom. The molecular weight excluding hydrogens is 493 g/mol. The first-order valence-electron chi connectivity index (χ1n) is 10.5. The molecule has 1 aliphatic rings. The topological polar surface area (TPSA) is 96.3 Å². The Morgan fingerprint density at radius 1 is 0.971 bits per heavy atom. The lowest BCUT2D eigenvalue weighted by Crippen LogP contribution is -2.29. The molecule has 0 bridgehead atoms. The lowest BCUT2D eigenvalue weighted by atomic mass is 9.94. The number of phenolic OH excluding ortho intramolecular Hbond substituents is 1. The van der Waals surface area contributed by atoms with E-state index < -0.39 is 23.5 Å². The normalized spacial score (nSPS) is 17.1. The number of hydrogen-bond donors (Lipinski definition) is 2. The monoisotopic (exact) mass is 513 g/mol. The molecule has 9 heteroatoms. The van der Waals surface area contributed by atoms with Gasteiger partial charge in [0.05, 0.1) is 42.1 Å². The lowest BCUT2D eigenvalue weighted by Gasteiger charge is -2.26. The van der Waals surface area contributed by atoms with E-state index in [0.29, 0.717) is 5.56 Å². The van der Waals surface area contributed by atoms with E-state index in [2.05, 4.69) is 0 Å². The number of halogens is 2. The summed E-state index contributed by atoms with van der Waals surface area (Å²) in [6.07, 6.45) is 0. The second-order valence-corrected chi connectivity index (χ2v) is 8.64. The van der Waals surface area contributed by atoms with Crippen LogP contribution in [0.15, 0.2) is 60.2 Å². The van der Waals surface area contributed by atoms with Crippen LogP contribution in [0.3, 0.4) is 0 Å². The molecule has 1 unspecified atom stereocenters. The van der Waals surface area contributed by atoms with Gasteiger partial charge in [0, 0.05) is 0 Å². The SMILES string of the molecule is COc1c(Cl)cc(/C(O)=C2\C(=O)C(=O)N(c3ccccc3O)C2c2cccc(C)c2)c(OC)c1Cl. The predicted octanol–water partition coefficient (Wildman–Crippen LogP) is 5.65. The second kappa shape index (κ2) is 9.52. The maximum absolute atomic E-state index is 13.4. The van der Waals surface area contributed by atoms with Gasteiger partial charge in [0.15, 0.2) is 11.5 Å². The van der Waals surface area contributed by atoms with Crippen molar-refractivity contribution in [3.8, 4) is 17.2 Å². The quantitative estimate of drug-likeness (QED) is 0.260. The van der Waals surface area contributed by atoms with Gasteiger partial charge in [-0.2, -0.15) is 0 Å². The van der Waals surface area contributed by atoms with Gasteiger partial charge in [0.1, 0.15) is 16.5 Å². The fourth-order valence-electron chi connectivity index (χ4n) is 4.20. The van der Waals surface area contributed by atoms with Gasteiger partial charge in [-0.1, -0.05) is 65.2 Å². The zero-order chi connectivity index (χ0) is 25.4. The van der Waals surface area contributed by atoms with Crippen molar-refractivity contribution < 1.29 is 29.3 Å². The number of Topliss-reactive ketones (excluding diaryl/α,β-unsaturated/α-hetero) is 1. The van der Waals surface area contributed by atoms with Crippen molar-refractivity contribution in [2.24, 2.45) is 0 Å². The summed E-state index contributed by atoms with van der Waals surface area (Å²) >= 11 is 12.7. The standard InChI is InChI=1S/C26H21Cl2NO6/c1-13-7-6-8-14(11-13)21-19(23(32)26(33)29(21)17-9-4-5-10-18(17)30)22(31)15-12-16(27)25(35-3)20(28)24(15)34-2/h4-12,21,30-31H,1-3H3/b22-19+. The second-order valence-electron chi connectivity index (χ2n) is 7.86. The van der Waals surface area contributed by atoms with Crippen molar-refractivity contribution in [2.75, 3.05) is 19.1 Å². The lowest BCUT2D eigenvalue weighted by molar-refractivity contribution is -0.132. The number of hydrogen-bond acceptors (Lipinski definition) is 6. The van der Waals surface area contributed by atoms with Crippen molar-refractivity contribution in [2.45, 2.75) is 13.0 Å². The number of para-hydroxylation sites is 2. The third kappa shape index (κ3) is 4.07. The van der Waals surface area contributed by atoms with Gasteiger partial charge in [-0.3, -0.25) is 14.5 Å². The highest BCUT2D eigenvalue weighted by atomic mass is 35.5. The van der Waals surface area contributed by atoms with Gasteiger partial charge in [0.25, 0.3) is 11.7 Å². The molecule has 1 atom stereocenters. The molecule has 7 nitrogen and oxygen atoms in total. The number of ketones is 1. The molecule has 0 aliphatic carbocycles. The highest BCUT2D eigenvalue weighted by Crippen LogP contribution is 2.48. The van der Waals surface area contributed by atoms with Crippen molar-refractivity contribution in [3.05, 3.63) is 86.9 Å². The highest BCUT2D eigenvalue weighted by molar-refractivity contribution is 6.52. The minimum absolute atomic E-state index is 0.00825. The van der Waals surface area contributed by atoms with Crippen molar-refractivity contribution >= 4 is 46.3 Å². The van der Waals surface area contributed by atoms with Crippen LogP contribution in [-0.2, 0) is 9.59 Å². The fraction of sp³-hybridized carbons (Fsp3) is 0.154. The Hall–Kier alpha value is -3.68. The summed E-state index contributed by atoms with van der Waals surface area (Å²) in [5.74, 6) is -2.43. The van der Waals surface area contributed by atoms with Gasteiger partial charge in [-0.05, 0) is 30.7 Å². The van der Waals surface area contributed by atoms with E-state index in [-0.39, 0.29) is 44.1 Å². The molecule has 1 amide bonds. The average molecular weight is 514 g/mol. The minimum Gasteiger partial charge on any atom is -0.507 e. The average Bonchev–Trinajstić information content (AvgIpc) is 3.09. The summed E-state index contributed by atoms with van der Waals surface area (Å²) in [6.45, 7) is 1.86. The third-order valence-corrected chi connectivity index (χ3v) is 6.36. The molecule has 0 saturated carbocycles. The van der Waals surface area contributed by atoms with E-state index in [1.54, 1.807) is 30.3 Å². The number of aryl methyl sites for hydroxylation is 1. The zero-order valence-electron chi connectivity index (χ0n) is 19.0. The number of carbonyl (C=O) groups excluding carboxylic acids is 2. The van der Waals surface area contributed by atoms with Gasteiger partial charge < -0.3 is 19.7 Å². The van der Waals surface area contributed by atoms with E-state index in [1.165, 1.54) is 32.4 Å². The van der Waals surface area contributed by atoms with Gasteiger partial charge in [0.2, 0.25) is 0 Å². The summed E-state index contributed by atoms with van der Waals surface area (Å²) in [5, 5.41) is 22.0. The summed E-state index contributed by atoms with van der Waals surface area (Å²) < 4.78 is 10.6. The van der Waals surface area contributed by atoms with Gasteiger partial charge >= 0.3 is 0 Å². The molecule has 0 spiro atoms. The number of aromatic hydroxyl groups is 1. The Bertz CT molecular complexity index is 1380. The highest BCUT2D eigenvalue weighted by Gasteiger charge is 2.48. The van der Waals surface area contributed by atoms with Crippen LogP contribution in [0, 0.1) is 6.92 Å². The van der Waals surface area contributed by atoms with Crippen molar-refractivity contribution in [1.29, 1.82) is 0 Å². The number of methoxy groups -OCH3 is 2. The van der Waals surface area contributed by atoms with Crippen molar-refractivity contribution in [3.63, 3.8) is 0 Å². The van der Waals surface area contributed by atoms with Crippen LogP contribution in [0.25, 0.3) is 5.76 Å². The molecule has 0 aromatic heterocycles. The molecule has 1 aliphatic heterocycles. The number of rotatable bonds is 5. The van der Waals surface area contributed by atoms with E-state index >= 15 is 0 Å². The molecule has 4 rings (SSSR count). The molecule has 1 fully saturated rings. The first kappa shape index (κ1) is 24.4. The molecule has 3 aromatic carbocycles. The summed E-state index contributed by atoms with van der Waals surface area (Å²) in [7, 11) is 2.71. The maximum atomic E-state index is 13.4. The van der Waals surface area contributed by atoms with Crippen LogP contribution in [0.1, 0.15) is 22.7 Å². The Balaban J connectivity index is 2.04. The van der Waals surface area contributed by atoms with Crippen molar-refractivity contribution in [1.82, 2.24) is 0 Å². The van der Waals surface area contributed by atoms with E-state index in [9.17, 15) is 19.8 Å². The number of ether oxygens (including phenoxy) is 2. The number of amides is 1. The molecule has 1 heterocycles. The largest absolute Gasteiger partial charge is 0.507 e. The molecule has 180 valence electrons. The number of nitrogens with zero attached hydrogens (tertiary/aromatic N) is 1. The number of aliphatic hydroxyl groups excluding tert-OH is 1. The Morgan fingerprint density at radius 3 is 2.29 bits per heavy atom. The molecule has 1 saturated heterocycles. The molecular formula is C26H21Cl2NO6. The zero-order valence-corrected chi connectivity index (χ0v) is 20.5. The first-order valence-corrected chi connectivity index (χ1v) is 11.2. The van der Waals surface area contributed by atoms with Crippen LogP contribution in [0.4, 0.5) is 5.69 Å². The number of phenols is 1. The predicted molar refractivity (Wildman–Crippen MR) is 134 cm³/mol. The van der Waals surface area contributed by atoms with E-state index in [1.807, 2.05) is 13.0 Å². The van der Waals surface area contributed by atoms with Crippen LogP contribution in [-0.4, -0.2) is 36.1 Å². The number of anilines is 1. The summed E-state index contributed by atoms with van der Waals surface area (Å²) in [4.78, 5) is 27.8. The van der Waals surface area contributed by atoms with Gasteiger partial charge in [-0.15, -0.1) is 0 Å². The number of carbonyl (C=O) groups is 2. The number of benzene rings is 3. The Labute approximate surface area is 211 Å². The van der Waals surface area contributed by atoms with Crippen LogP contribution < -0.4 is 14.4 Å². The smallest absolute Gasteiger partial charge is 0.300 e. The minimum atomic E-state index is -1.05. The molecule has 3 aromatic rings. The first-order chi connectivity index (χ1) is 16.7.